The molecule has 0 aromatic heterocycles. The number of carbonyl (C=O) groups is 3. The summed E-state index contributed by atoms with van der Waals surface area (Å²) in [6.45, 7) is 6.57. The van der Waals surface area contributed by atoms with Crippen LogP contribution in [0.5, 0.6) is 0 Å². The number of carbonyl (C=O) groups excluding carboxylic acids is 3. The van der Waals surface area contributed by atoms with Crippen molar-refractivity contribution in [3.05, 3.63) is 48.6 Å². The summed E-state index contributed by atoms with van der Waals surface area (Å²) in [6.07, 6.45) is 60.9. The molecule has 62 heavy (non-hydrogen) atoms. The zero-order valence-electron chi connectivity index (χ0n) is 41.1. The van der Waals surface area contributed by atoms with E-state index in [-0.39, 0.29) is 31.1 Å². The van der Waals surface area contributed by atoms with Gasteiger partial charge >= 0.3 is 17.9 Å². The van der Waals surface area contributed by atoms with Gasteiger partial charge in [0.1, 0.15) is 13.2 Å². The molecular weight excluding hydrogens is 769 g/mol. The monoisotopic (exact) mass is 869 g/mol. The molecule has 0 saturated carbocycles. The van der Waals surface area contributed by atoms with Gasteiger partial charge in [-0.15, -0.1) is 0 Å². The molecule has 0 saturated heterocycles. The molecule has 0 aromatic rings. The Labute approximate surface area is 384 Å². The number of rotatable bonds is 48. The van der Waals surface area contributed by atoms with E-state index in [0.29, 0.717) is 19.3 Å². The Morgan fingerprint density at radius 2 is 0.597 bits per heavy atom. The van der Waals surface area contributed by atoms with Gasteiger partial charge in [0.25, 0.3) is 0 Å². The lowest BCUT2D eigenvalue weighted by Gasteiger charge is -2.18. The molecule has 6 nitrogen and oxygen atoms in total. The fourth-order valence-electron chi connectivity index (χ4n) is 7.49. The van der Waals surface area contributed by atoms with E-state index in [9.17, 15) is 14.4 Å². The second-order valence-corrected chi connectivity index (χ2v) is 17.8. The third-order valence-corrected chi connectivity index (χ3v) is 11.6. The number of esters is 3. The predicted octanol–water partition coefficient (Wildman–Crippen LogP) is 17.5. The first-order chi connectivity index (χ1) is 30.5. The van der Waals surface area contributed by atoms with Crippen molar-refractivity contribution in [1.82, 2.24) is 0 Å². The van der Waals surface area contributed by atoms with Crippen molar-refractivity contribution in [2.75, 3.05) is 13.2 Å². The Morgan fingerprint density at radius 3 is 0.968 bits per heavy atom. The number of allylic oxidation sites excluding steroid dienone is 8. The largest absolute Gasteiger partial charge is 0.462 e. The molecule has 1 unspecified atom stereocenters. The van der Waals surface area contributed by atoms with Gasteiger partial charge in [0.15, 0.2) is 6.10 Å². The average Bonchev–Trinajstić information content (AvgIpc) is 3.27. The summed E-state index contributed by atoms with van der Waals surface area (Å²) >= 11 is 0. The highest BCUT2D eigenvalue weighted by atomic mass is 16.6. The van der Waals surface area contributed by atoms with Crippen molar-refractivity contribution >= 4 is 17.9 Å². The lowest BCUT2D eigenvalue weighted by molar-refractivity contribution is -0.167. The molecule has 0 radical (unpaired) electrons. The molecule has 0 aliphatic carbocycles. The number of unbranched alkanes of at least 4 members (excludes halogenated alkanes) is 29. The van der Waals surface area contributed by atoms with E-state index in [1.807, 2.05) is 0 Å². The molecule has 0 aromatic carbocycles. The zero-order chi connectivity index (χ0) is 45.1. The molecule has 0 spiro atoms. The smallest absolute Gasteiger partial charge is 0.306 e. The van der Waals surface area contributed by atoms with Gasteiger partial charge in [0, 0.05) is 19.3 Å². The maximum absolute atomic E-state index is 12.8. The quantitative estimate of drug-likeness (QED) is 0.0262. The van der Waals surface area contributed by atoms with Crippen LogP contribution in [0, 0.1) is 0 Å². The summed E-state index contributed by atoms with van der Waals surface area (Å²) in [5, 5.41) is 0. The molecule has 0 rings (SSSR count). The van der Waals surface area contributed by atoms with E-state index < -0.39 is 6.10 Å². The minimum atomic E-state index is -0.781. The molecule has 360 valence electrons. The maximum Gasteiger partial charge on any atom is 0.306 e. The highest BCUT2D eigenvalue weighted by Crippen LogP contribution is 2.15. The van der Waals surface area contributed by atoms with Crippen molar-refractivity contribution in [3.8, 4) is 0 Å². The number of hydrogen-bond acceptors (Lipinski definition) is 6. The topological polar surface area (TPSA) is 78.9 Å². The van der Waals surface area contributed by atoms with Crippen LogP contribution in [0.15, 0.2) is 48.6 Å². The van der Waals surface area contributed by atoms with Crippen LogP contribution in [-0.4, -0.2) is 37.2 Å². The highest BCUT2D eigenvalue weighted by Gasteiger charge is 2.19. The third kappa shape index (κ3) is 48.4. The molecule has 0 aliphatic rings. The van der Waals surface area contributed by atoms with Gasteiger partial charge in [0.2, 0.25) is 0 Å². The first-order valence-corrected chi connectivity index (χ1v) is 26.6. The van der Waals surface area contributed by atoms with Crippen LogP contribution in [0.1, 0.15) is 271 Å². The van der Waals surface area contributed by atoms with Gasteiger partial charge < -0.3 is 14.2 Å². The van der Waals surface area contributed by atoms with Gasteiger partial charge in [-0.3, -0.25) is 14.4 Å². The summed E-state index contributed by atoms with van der Waals surface area (Å²) in [5.41, 5.74) is 0. The fourth-order valence-corrected chi connectivity index (χ4v) is 7.49. The second kappa shape index (κ2) is 51.0. The van der Waals surface area contributed by atoms with Gasteiger partial charge in [-0.1, -0.05) is 223 Å². The number of ether oxygens (including phenoxy) is 3. The normalized spacial score (nSPS) is 12.4. The van der Waals surface area contributed by atoms with Crippen molar-refractivity contribution in [2.24, 2.45) is 0 Å². The van der Waals surface area contributed by atoms with E-state index in [0.717, 1.165) is 96.3 Å². The predicted molar refractivity (Wildman–Crippen MR) is 265 cm³/mol. The number of hydrogen-bond donors (Lipinski definition) is 0. The molecule has 0 aliphatic heterocycles. The van der Waals surface area contributed by atoms with E-state index in [2.05, 4.69) is 69.4 Å². The Bertz CT molecular complexity index is 1090. The van der Waals surface area contributed by atoms with E-state index in [1.54, 1.807) is 0 Å². The Balaban J connectivity index is 4.40. The fraction of sp³-hybridized carbons (Fsp3) is 0.804. The van der Waals surface area contributed by atoms with Crippen molar-refractivity contribution < 1.29 is 28.6 Å². The van der Waals surface area contributed by atoms with Crippen LogP contribution < -0.4 is 0 Å². The van der Waals surface area contributed by atoms with Crippen LogP contribution in [0.3, 0.4) is 0 Å². The molecule has 0 N–H and O–H groups in total. The van der Waals surface area contributed by atoms with Gasteiger partial charge in [-0.05, 0) is 77.0 Å². The molecule has 0 fully saturated rings. The first-order valence-electron chi connectivity index (χ1n) is 26.6. The molecule has 1 atom stereocenters. The Hall–Kier alpha value is -2.63. The zero-order valence-corrected chi connectivity index (χ0v) is 41.1. The van der Waals surface area contributed by atoms with Crippen molar-refractivity contribution in [1.29, 1.82) is 0 Å². The first kappa shape index (κ1) is 59.4. The molecule has 0 bridgehead atoms. The average molecular weight is 869 g/mol. The van der Waals surface area contributed by atoms with Crippen LogP contribution in [-0.2, 0) is 28.6 Å². The lowest BCUT2D eigenvalue weighted by atomic mass is 10.0. The van der Waals surface area contributed by atoms with Crippen LogP contribution in [0.25, 0.3) is 0 Å². The molecule has 0 heterocycles. The molecular formula is C56H100O6. The van der Waals surface area contributed by atoms with E-state index in [1.165, 1.54) is 135 Å². The van der Waals surface area contributed by atoms with Gasteiger partial charge in [0.05, 0.1) is 0 Å². The highest BCUT2D eigenvalue weighted by molar-refractivity contribution is 5.71. The van der Waals surface area contributed by atoms with Crippen LogP contribution in [0.2, 0.25) is 0 Å². The van der Waals surface area contributed by atoms with Crippen molar-refractivity contribution in [2.45, 2.75) is 277 Å². The summed E-state index contributed by atoms with van der Waals surface area (Å²) in [6, 6.07) is 0. The minimum absolute atomic E-state index is 0.0828. The van der Waals surface area contributed by atoms with Gasteiger partial charge in [-0.2, -0.15) is 0 Å². The Morgan fingerprint density at radius 1 is 0.323 bits per heavy atom. The van der Waals surface area contributed by atoms with Gasteiger partial charge in [-0.25, -0.2) is 0 Å². The van der Waals surface area contributed by atoms with E-state index in [4.69, 9.17) is 14.2 Å². The standard InChI is InChI=1S/C56H100O6/c1-4-7-10-13-16-19-22-25-28-31-34-37-40-43-46-49-55(58)61-52-53(51-60-54(57)48-45-42-39-36-33-30-27-24-21-18-15-12-9-6-3)62-56(59)50-47-44-41-38-35-32-29-26-23-20-17-14-11-8-5-2/h15-16,18-19,24-25,27-28,53H,4-14,17,20-23,26,29-52H2,1-3H3/b18-15-,19-16-,27-24-,28-25-. The minimum Gasteiger partial charge on any atom is -0.462 e. The van der Waals surface area contributed by atoms with E-state index >= 15 is 0 Å². The third-order valence-electron chi connectivity index (χ3n) is 11.6. The SMILES string of the molecule is CCCC/C=C\C/C=C\CCCCCCCC(=O)OCC(COC(=O)CCCCCCC/C=C\C/C=C\CCCCC)OC(=O)CCCCCCCCCCCCCCCCC. The summed E-state index contributed by atoms with van der Waals surface area (Å²) in [5.74, 6) is -0.899. The summed E-state index contributed by atoms with van der Waals surface area (Å²) < 4.78 is 16.8. The van der Waals surface area contributed by atoms with Crippen LogP contribution in [0.4, 0.5) is 0 Å². The Kier molecular flexibility index (Phi) is 48.8. The molecule has 6 heteroatoms. The lowest BCUT2D eigenvalue weighted by Crippen LogP contribution is -2.30. The summed E-state index contributed by atoms with van der Waals surface area (Å²) in [4.78, 5) is 38.0. The van der Waals surface area contributed by atoms with Crippen LogP contribution >= 0.6 is 0 Å². The summed E-state index contributed by atoms with van der Waals surface area (Å²) in [7, 11) is 0. The second-order valence-electron chi connectivity index (χ2n) is 17.8. The molecule has 0 amide bonds. The maximum atomic E-state index is 12.8. The van der Waals surface area contributed by atoms with Crippen molar-refractivity contribution in [3.63, 3.8) is 0 Å².